The minimum atomic E-state index is -0.718. The normalized spacial score (nSPS) is 14.5. The number of piperazine rings is 1. The lowest BCUT2D eigenvalue weighted by atomic mass is 10.1. The van der Waals surface area contributed by atoms with Gasteiger partial charge in [0.2, 0.25) is 0 Å². The van der Waals surface area contributed by atoms with Crippen molar-refractivity contribution in [3.63, 3.8) is 0 Å². The molecule has 8 heteroatoms. The van der Waals surface area contributed by atoms with E-state index in [1.165, 1.54) is 24.4 Å². The summed E-state index contributed by atoms with van der Waals surface area (Å²) in [7, 11) is 1.29. The molecule has 0 amide bonds. The number of nitrogens with one attached hydrogen (secondary N) is 1. The molecule has 1 fully saturated rings. The van der Waals surface area contributed by atoms with Gasteiger partial charge in [-0.3, -0.25) is 4.90 Å². The van der Waals surface area contributed by atoms with E-state index in [1.54, 1.807) is 6.07 Å². The standard InChI is InChI=1S/C27H29N3O5/c1-33-27(32)34-22-7-8-23-20(18-28-24(23)17-22)4-2-3-11-29-12-14-30(15-13-29)21-6-9-25-19(16-21)5-10-26(31)35-25/h5-10,16-18,28H,2-4,11-15H2,1H3. The van der Waals surface area contributed by atoms with E-state index >= 15 is 0 Å². The number of rotatable bonds is 7. The molecule has 0 radical (unpaired) electrons. The van der Waals surface area contributed by atoms with E-state index in [2.05, 4.69) is 25.6 Å². The monoisotopic (exact) mass is 475 g/mol. The Labute approximate surface area is 203 Å². The van der Waals surface area contributed by atoms with Gasteiger partial charge in [0.1, 0.15) is 11.3 Å². The highest BCUT2D eigenvalue weighted by Crippen LogP contribution is 2.25. The SMILES string of the molecule is COC(=O)Oc1ccc2c(CCCCN3CCN(c4ccc5oc(=O)ccc5c4)CC3)c[nH]c2c1. The van der Waals surface area contributed by atoms with E-state index in [0.29, 0.717) is 11.3 Å². The molecule has 5 rings (SSSR count). The van der Waals surface area contributed by atoms with Crippen LogP contribution in [0, 0.1) is 0 Å². The molecule has 35 heavy (non-hydrogen) atoms. The fourth-order valence-corrected chi connectivity index (χ4v) is 4.71. The molecule has 0 bridgehead atoms. The van der Waals surface area contributed by atoms with Crippen LogP contribution in [0.4, 0.5) is 10.5 Å². The van der Waals surface area contributed by atoms with Gasteiger partial charge in [0.05, 0.1) is 7.11 Å². The first-order valence-corrected chi connectivity index (χ1v) is 12.0. The highest BCUT2D eigenvalue weighted by atomic mass is 16.7. The van der Waals surface area contributed by atoms with Gasteiger partial charge in [-0.15, -0.1) is 0 Å². The number of anilines is 1. The number of methoxy groups -OCH3 is 1. The predicted molar refractivity (Wildman–Crippen MR) is 135 cm³/mol. The quantitative estimate of drug-likeness (QED) is 0.181. The van der Waals surface area contributed by atoms with Crippen LogP contribution >= 0.6 is 0 Å². The summed E-state index contributed by atoms with van der Waals surface area (Å²) in [6, 6.07) is 14.9. The molecule has 1 saturated heterocycles. The van der Waals surface area contributed by atoms with Crippen molar-refractivity contribution in [1.82, 2.24) is 9.88 Å². The Morgan fingerprint density at radius 2 is 1.89 bits per heavy atom. The number of aromatic amines is 1. The molecule has 1 aliphatic heterocycles. The van der Waals surface area contributed by atoms with Crippen LogP contribution in [0.15, 0.2) is 63.9 Å². The molecule has 8 nitrogen and oxygen atoms in total. The molecule has 4 aromatic rings. The molecule has 2 aromatic carbocycles. The van der Waals surface area contributed by atoms with E-state index < -0.39 is 6.16 Å². The van der Waals surface area contributed by atoms with E-state index in [-0.39, 0.29) is 5.63 Å². The molecular formula is C27H29N3O5. The first-order chi connectivity index (χ1) is 17.1. The zero-order valence-corrected chi connectivity index (χ0v) is 19.8. The average Bonchev–Trinajstić information content (AvgIpc) is 3.28. The third-order valence-corrected chi connectivity index (χ3v) is 6.62. The lowest BCUT2D eigenvalue weighted by molar-refractivity contribution is 0.121. The summed E-state index contributed by atoms with van der Waals surface area (Å²) in [5, 5.41) is 2.11. The number of ether oxygens (including phenoxy) is 2. The maximum absolute atomic E-state index is 11.4. The predicted octanol–water partition coefficient (Wildman–Crippen LogP) is 4.56. The van der Waals surface area contributed by atoms with Crippen molar-refractivity contribution in [3.8, 4) is 5.75 Å². The van der Waals surface area contributed by atoms with Crippen LogP contribution in [0.3, 0.4) is 0 Å². The Morgan fingerprint density at radius 1 is 1.03 bits per heavy atom. The largest absolute Gasteiger partial charge is 0.513 e. The van der Waals surface area contributed by atoms with E-state index in [4.69, 9.17) is 9.15 Å². The Morgan fingerprint density at radius 3 is 2.71 bits per heavy atom. The molecule has 0 unspecified atom stereocenters. The number of H-pyrrole nitrogens is 1. The summed E-state index contributed by atoms with van der Waals surface area (Å²) >= 11 is 0. The van der Waals surface area contributed by atoms with E-state index in [0.717, 1.165) is 68.3 Å². The second kappa shape index (κ2) is 10.2. The number of hydrogen-bond donors (Lipinski definition) is 1. The van der Waals surface area contributed by atoms with Gasteiger partial charge in [-0.25, -0.2) is 9.59 Å². The van der Waals surface area contributed by atoms with Crippen molar-refractivity contribution in [1.29, 1.82) is 0 Å². The number of aryl methyl sites for hydroxylation is 1. The fourth-order valence-electron chi connectivity index (χ4n) is 4.71. The lowest BCUT2D eigenvalue weighted by Crippen LogP contribution is -2.46. The van der Waals surface area contributed by atoms with Gasteiger partial charge in [0, 0.05) is 66.5 Å². The number of carbonyl (C=O) groups is 1. The summed E-state index contributed by atoms with van der Waals surface area (Å²) in [4.78, 5) is 30.9. The lowest BCUT2D eigenvalue weighted by Gasteiger charge is -2.36. The third-order valence-electron chi connectivity index (χ3n) is 6.62. The van der Waals surface area contributed by atoms with Crippen LogP contribution in [-0.4, -0.2) is 55.9 Å². The van der Waals surface area contributed by atoms with E-state index in [9.17, 15) is 9.59 Å². The Bertz CT molecular complexity index is 1380. The van der Waals surface area contributed by atoms with Gasteiger partial charge >= 0.3 is 11.8 Å². The van der Waals surface area contributed by atoms with Crippen LogP contribution in [0.5, 0.6) is 5.75 Å². The zero-order chi connectivity index (χ0) is 24.2. The van der Waals surface area contributed by atoms with Crippen LogP contribution in [0.1, 0.15) is 18.4 Å². The third kappa shape index (κ3) is 5.33. The topological polar surface area (TPSA) is 88.0 Å². The number of benzene rings is 2. The molecule has 0 aliphatic carbocycles. The van der Waals surface area contributed by atoms with Crippen molar-refractivity contribution in [2.24, 2.45) is 0 Å². The Hall–Kier alpha value is -3.78. The molecular weight excluding hydrogens is 446 g/mol. The van der Waals surface area contributed by atoms with Crippen molar-refractivity contribution in [3.05, 3.63) is 70.7 Å². The Balaban J connectivity index is 1.08. The van der Waals surface area contributed by atoms with Crippen molar-refractivity contribution < 1.29 is 18.7 Å². The van der Waals surface area contributed by atoms with Gasteiger partial charge in [-0.1, -0.05) is 0 Å². The van der Waals surface area contributed by atoms with Crippen molar-refractivity contribution in [2.75, 3.05) is 44.7 Å². The summed E-state index contributed by atoms with van der Waals surface area (Å²) < 4.78 is 14.9. The van der Waals surface area contributed by atoms with Gasteiger partial charge in [-0.05, 0) is 67.8 Å². The maximum Gasteiger partial charge on any atom is 0.513 e. The molecule has 0 atom stereocenters. The second-order valence-corrected chi connectivity index (χ2v) is 8.84. The zero-order valence-electron chi connectivity index (χ0n) is 19.8. The average molecular weight is 476 g/mol. The first kappa shape index (κ1) is 23.0. The van der Waals surface area contributed by atoms with Crippen LogP contribution in [0.2, 0.25) is 0 Å². The van der Waals surface area contributed by atoms with Gasteiger partial charge in [0.25, 0.3) is 0 Å². The summed E-state index contributed by atoms with van der Waals surface area (Å²) in [6.07, 6.45) is 4.59. The van der Waals surface area contributed by atoms with Crippen molar-refractivity contribution in [2.45, 2.75) is 19.3 Å². The highest BCUT2D eigenvalue weighted by Gasteiger charge is 2.17. The maximum atomic E-state index is 11.4. The number of carbonyl (C=O) groups excluding carboxylic acids is 1. The number of hydrogen-bond acceptors (Lipinski definition) is 7. The van der Waals surface area contributed by atoms with E-state index in [1.807, 2.05) is 36.5 Å². The molecule has 0 saturated carbocycles. The summed E-state index contributed by atoms with van der Waals surface area (Å²) in [5.41, 5.74) is 3.72. The summed E-state index contributed by atoms with van der Waals surface area (Å²) in [6.45, 7) is 5.15. The number of fused-ring (bicyclic) bond motifs is 2. The molecule has 1 aliphatic rings. The van der Waals surface area contributed by atoms with Crippen LogP contribution < -0.4 is 15.3 Å². The Kier molecular flexibility index (Phi) is 6.72. The molecule has 3 heterocycles. The van der Waals surface area contributed by atoms with Crippen LogP contribution in [0.25, 0.3) is 21.9 Å². The molecule has 2 aromatic heterocycles. The first-order valence-electron chi connectivity index (χ1n) is 12.0. The summed E-state index contributed by atoms with van der Waals surface area (Å²) in [5.74, 6) is 0.465. The van der Waals surface area contributed by atoms with Crippen molar-refractivity contribution >= 4 is 33.7 Å². The minimum Gasteiger partial charge on any atom is -0.437 e. The van der Waals surface area contributed by atoms with Gasteiger partial charge in [0.15, 0.2) is 0 Å². The molecule has 1 N–H and O–H groups in total. The number of aromatic nitrogens is 1. The van der Waals surface area contributed by atoms with Crippen LogP contribution in [-0.2, 0) is 11.2 Å². The molecule has 0 spiro atoms. The molecule has 182 valence electrons. The number of nitrogens with zero attached hydrogens (tertiary/aromatic N) is 2. The fraction of sp³-hybridized carbons (Fsp3) is 0.333. The smallest absolute Gasteiger partial charge is 0.437 e. The second-order valence-electron chi connectivity index (χ2n) is 8.84. The highest BCUT2D eigenvalue weighted by molar-refractivity contribution is 5.85. The minimum absolute atomic E-state index is 0.317. The van der Waals surface area contributed by atoms with Gasteiger partial charge in [-0.2, -0.15) is 0 Å². The van der Waals surface area contributed by atoms with Gasteiger partial charge < -0.3 is 23.8 Å². The number of unbranched alkanes of at least 4 members (excludes halogenated alkanes) is 1.